The number of nitriles is 1. The van der Waals surface area contributed by atoms with Gasteiger partial charge in [0.1, 0.15) is 11.6 Å². The summed E-state index contributed by atoms with van der Waals surface area (Å²) in [6, 6.07) is 3.53. The van der Waals surface area contributed by atoms with E-state index in [0.29, 0.717) is 18.2 Å². The van der Waals surface area contributed by atoms with Crippen molar-refractivity contribution in [3.8, 4) is 12.0 Å². The third-order valence-corrected chi connectivity index (χ3v) is 5.71. The van der Waals surface area contributed by atoms with Gasteiger partial charge in [-0.05, 0) is 13.0 Å². The van der Waals surface area contributed by atoms with Crippen LogP contribution in [0.1, 0.15) is 12.5 Å². The number of anilines is 3. The molecule has 0 aliphatic heterocycles. The first-order valence-corrected chi connectivity index (χ1v) is 12.7. The van der Waals surface area contributed by atoms with Crippen molar-refractivity contribution in [2.45, 2.75) is 13.0 Å². The van der Waals surface area contributed by atoms with Crippen LogP contribution in [-0.2, 0) is 14.8 Å². The zero-order valence-electron chi connectivity index (χ0n) is 21.0. The normalized spacial score (nSPS) is 12.2. The van der Waals surface area contributed by atoms with Crippen LogP contribution < -0.4 is 20.7 Å². The van der Waals surface area contributed by atoms with Gasteiger partial charge in [0.15, 0.2) is 17.3 Å². The van der Waals surface area contributed by atoms with Gasteiger partial charge in [-0.3, -0.25) is 0 Å². The quantitative estimate of drug-likeness (QED) is 0.170. The zero-order valence-corrected chi connectivity index (χ0v) is 21.8. The van der Waals surface area contributed by atoms with Crippen LogP contribution in [0.5, 0.6) is 0 Å². The second-order valence-electron chi connectivity index (χ2n) is 7.55. The van der Waals surface area contributed by atoms with Gasteiger partial charge >= 0.3 is 0 Å². The minimum absolute atomic E-state index is 0.0506. The molecule has 16 nitrogen and oxygen atoms in total. The Bertz CT molecular complexity index is 1420. The Hall–Kier alpha value is -4.53. The molecule has 3 rings (SSSR count). The highest BCUT2D eigenvalue weighted by molar-refractivity contribution is 7.92. The highest BCUT2D eigenvalue weighted by atomic mass is 32.2. The van der Waals surface area contributed by atoms with Crippen LogP contribution in [0.3, 0.4) is 0 Å². The molecule has 0 spiro atoms. The molecule has 1 unspecified atom stereocenters. The number of methoxy groups -OCH3 is 1. The number of sulfonamides is 1. The van der Waals surface area contributed by atoms with E-state index in [9.17, 15) is 13.7 Å². The Morgan fingerprint density at radius 2 is 1.97 bits per heavy atom. The first-order chi connectivity index (χ1) is 18.3. The first kappa shape index (κ1) is 28.0. The van der Waals surface area contributed by atoms with Crippen molar-refractivity contribution in [1.29, 1.82) is 5.26 Å². The van der Waals surface area contributed by atoms with Gasteiger partial charge in [-0.2, -0.15) is 15.2 Å². The Morgan fingerprint density at radius 3 is 2.63 bits per heavy atom. The van der Waals surface area contributed by atoms with Gasteiger partial charge in [0.2, 0.25) is 21.8 Å². The lowest BCUT2D eigenvalue weighted by molar-refractivity contribution is 0.190. The molecule has 0 saturated carbocycles. The molecule has 0 fully saturated rings. The minimum Gasteiger partial charge on any atom is -0.383 e. The van der Waals surface area contributed by atoms with E-state index in [2.05, 4.69) is 62.5 Å². The fourth-order valence-corrected chi connectivity index (χ4v) is 3.49. The predicted octanol–water partition coefficient (Wildman–Crippen LogP) is 1.70. The summed E-state index contributed by atoms with van der Waals surface area (Å²) in [6.45, 7) is 5.80. The second-order valence-corrected chi connectivity index (χ2v) is 9.26. The van der Waals surface area contributed by atoms with Crippen LogP contribution in [0.25, 0.3) is 5.95 Å². The average molecular weight is 542 g/mol. The molecule has 3 heterocycles. The van der Waals surface area contributed by atoms with Gasteiger partial charge in [0, 0.05) is 51.1 Å². The van der Waals surface area contributed by atoms with Crippen molar-refractivity contribution in [1.82, 2.24) is 34.4 Å². The molecule has 0 radical (unpaired) electrons. The first-order valence-electron chi connectivity index (χ1n) is 11.2. The van der Waals surface area contributed by atoms with Gasteiger partial charge in [0.05, 0.1) is 12.8 Å². The van der Waals surface area contributed by atoms with Crippen LogP contribution in [0.2, 0.25) is 0 Å². The Balaban J connectivity index is 1.93. The maximum Gasteiger partial charge on any atom is 0.250 e. The van der Waals surface area contributed by atoms with Crippen molar-refractivity contribution in [3.63, 3.8) is 0 Å². The van der Waals surface area contributed by atoms with E-state index < -0.39 is 10.0 Å². The van der Waals surface area contributed by atoms with Crippen molar-refractivity contribution in [2.75, 3.05) is 49.8 Å². The lowest BCUT2D eigenvalue weighted by Gasteiger charge is -2.17. The number of rotatable bonds is 14. The van der Waals surface area contributed by atoms with Gasteiger partial charge < -0.3 is 20.7 Å². The van der Waals surface area contributed by atoms with E-state index in [-0.39, 0.29) is 48.1 Å². The number of aromatic nitrogens is 6. The summed E-state index contributed by atoms with van der Waals surface area (Å²) in [7, 11) is -0.329. The summed E-state index contributed by atoms with van der Waals surface area (Å²) in [5, 5.41) is 32.2. The maximum atomic E-state index is 11.5. The summed E-state index contributed by atoms with van der Waals surface area (Å²) in [5.74, 6) is 1.16. The summed E-state index contributed by atoms with van der Waals surface area (Å²) < 4.78 is 32.0. The number of nitrogens with one attached hydrogen (secondary N) is 4. The molecule has 0 amide bonds. The van der Waals surface area contributed by atoms with E-state index in [1.165, 1.54) is 10.9 Å². The largest absolute Gasteiger partial charge is 0.383 e. The average Bonchev–Trinajstić information content (AvgIpc) is 3.34. The Morgan fingerprint density at radius 1 is 1.24 bits per heavy atom. The number of hydrogen-bond donors (Lipinski definition) is 4. The number of azo groups is 1. The van der Waals surface area contributed by atoms with E-state index in [1.54, 1.807) is 32.6 Å². The Labute approximate surface area is 219 Å². The molecule has 38 heavy (non-hydrogen) atoms. The molecule has 4 N–H and O–H groups in total. The second kappa shape index (κ2) is 13.1. The summed E-state index contributed by atoms with van der Waals surface area (Å²) in [4.78, 5) is 17.1. The SMILES string of the molecule is C=CS(=O)(=O)NCCNc1nc(NC)c(N=Nc2nn(-c3ncccn3)cc2C#N)c(NC(C)COC)n1. The highest BCUT2D eigenvalue weighted by Crippen LogP contribution is 2.34. The summed E-state index contributed by atoms with van der Waals surface area (Å²) in [6.07, 6.45) is 4.56. The molecule has 0 aliphatic carbocycles. The number of hydrogen-bond acceptors (Lipinski definition) is 14. The van der Waals surface area contributed by atoms with E-state index >= 15 is 0 Å². The lowest BCUT2D eigenvalue weighted by atomic mass is 10.3. The zero-order chi connectivity index (χ0) is 27.5. The molecule has 0 aromatic carbocycles. The van der Waals surface area contributed by atoms with Crippen LogP contribution in [0, 0.1) is 11.3 Å². The monoisotopic (exact) mass is 541 g/mol. The number of nitrogens with zero attached hydrogens (tertiary/aromatic N) is 9. The molecule has 3 aromatic heterocycles. The minimum atomic E-state index is -3.55. The molecule has 1 atom stereocenters. The van der Waals surface area contributed by atoms with E-state index in [4.69, 9.17) is 4.74 Å². The fraction of sp³-hybridized carbons (Fsp3) is 0.333. The molecule has 0 aliphatic rings. The van der Waals surface area contributed by atoms with Crippen molar-refractivity contribution in [2.24, 2.45) is 10.2 Å². The van der Waals surface area contributed by atoms with Gasteiger partial charge in [-0.25, -0.2) is 27.8 Å². The smallest absolute Gasteiger partial charge is 0.250 e. The molecule has 17 heteroatoms. The van der Waals surface area contributed by atoms with Gasteiger partial charge in [-0.1, -0.05) is 6.58 Å². The predicted molar refractivity (Wildman–Crippen MR) is 140 cm³/mol. The van der Waals surface area contributed by atoms with Crippen LogP contribution in [-0.4, -0.2) is 78.0 Å². The van der Waals surface area contributed by atoms with Crippen molar-refractivity contribution >= 4 is 39.1 Å². The maximum absolute atomic E-state index is 11.5. The molecule has 3 aromatic rings. The molecule has 0 saturated heterocycles. The molecule has 200 valence electrons. The van der Waals surface area contributed by atoms with Gasteiger partial charge in [-0.15, -0.1) is 15.3 Å². The van der Waals surface area contributed by atoms with E-state index in [1.807, 2.05) is 13.0 Å². The van der Waals surface area contributed by atoms with Crippen LogP contribution in [0.15, 0.2) is 46.9 Å². The van der Waals surface area contributed by atoms with Gasteiger partial charge in [0.25, 0.3) is 5.95 Å². The highest BCUT2D eigenvalue weighted by Gasteiger charge is 2.17. The van der Waals surface area contributed by atoms with E-state index in [0.717, 1.165) is 5.41 Å². The fourth-order valence-electron chi connectivity index (χ4n) is 2.98. The van der Waals surface area contributed by atoms with Crippen LogP contribution in [0.4, 0.5) is 29.1 Å². The third kappa shape index (κ3) is 7.49. The van der Waals surface area contributed by atoms with Crippen molar-refractivity contribution in [3.05, 3.63) is 42.2 Å². The molecular weight excluding hydrogens is 514 g/mol. The number of ether oxygens (including phenoxy) is 1. The summed E-state index contributed by atoms with van der Waals surface area (Å²) >= 11 is 0. The molecule has 0 bridgehead atoms. The standard InChI is InChI=1S/C21H27N13O3S/c1-5-38(35,36)27-10-9-24-20-29-18(23-3)16(19(30-20)28-14(2)13-37-4)31-32-17-15(11-22)12-34(33-17)21-25-7-6-8-26-21/h5-8,12,14,27H,1,9-10,13H2,2-4H3,(H3,23,24,28,29,30). The third-order valence-electron chi connectivity index (χ3n) is 4.67. The lowest BCUT2D eigenvalue weighted by Crippen LogP contribution is -2.27. The topological polar surface area (TPSA) is 209 Å². The Kier molecular flexibility index (Phi) is 9.70. The molecular formula is C21H27N13O3S. The van der Waals surface area contributed by atoms with Crippen molar-refractivity contribution < 1.29 is 13.2 Å². The summed E-state index contributed by atoms with van der Waals surface area (Å²) in [5.41, 5.74) is 0.415. The van der Waals surface area contributed by atoms with Crippen LogP contribution >= 0.6 is 0 Å².